The largest absolute Gasteiger partial charge is 0.385 e. The first-order valence-corrected chi connectivity index (χ1v) is 5.19. The van der Waals surface area contributed by atoms with Crippen molar-refractivity contribution in [3.05, 3.63) is 0 Å². The monoisotopic (exact) mass is 172 g/mol. The normalized spacial score (nSPS) is 13.8. The van der Waals surface area contributed by atoms with Gasteiger partial charge in [0.25, 0.3) is 0 Å². The van der Waals surface area contributed by atoms with E-state index in [0.717, 1.165) is 18.4 Å². The quantitative estimate of drug-likeness (QED) is 0.571. The third kappa shape index (κ3) is 6.66. The first kappa shape index (κ1) is 12.0. The molecule has 0 spiro atoms. The van der Waals surface area contributed by atoms with E-state index in [0.29, 0.717) is 0 Å². The molecular weight excluding hydrogens is 148 g/mol. The Balaban J connectivity index is 3.39. The average Bonchev–Trinajstić information content (AvgIpc) is 2.05. The molecule has 0 aromatic rings. The van der Waals surface area contributed by atoms with Crippen LogP contribution in [0.2, 0.25) is 0 Å². The molecule has 0 heterocycles. The van der Waals surface area contributed by atoms with Crippen LogP contribution in [0.25, 0.3) is 0 Å². The van der Waals surface area contributed by atoms with Crippen molar-refractivity contribution < 1.29 is 4.74 Å². The van der Waals surface area contributed by atoms with Crippen molar-refractivity contribution in [1.82, 2.24) is 0 Å². The lowest BCUT2D eigenvalue weighted by Crippen LogP contribution is -2.04. The number of hydrogen-bond donors (Lipinski definition) is 0. The van der Waals surface area contributed by atoms with E-state index in [2.05, 4.69) is 20.8 Å². The SMILES string of the molecule is CCC(CCOC)CCC(C)C. The van der Waals surface area contributed by atoms with E-state index >= 15 is 0 Å². The van der Waals surface area contributed by atoms with Crippen LogP contribution in [-0.4, -0.2) is 13.7 Å². The van der Waals surface area contributed by atoms with Crippen molar-refractivity contribution in [2.24, 2.45) is 11.8 Å². The van der Waals surface area contributed by atoms with Crippen LogP contribution in [0.5, 0.6) is 0 Å². The zero-order chi connectivity index (χ0) is 9.40. The van der Waals surface area contributed by atoms with Crippen LogP contribution in [0.1, 0.15) is 46.5 Å². The third-order valence-electron chi connectivity index (χ3n) is 2.46. The second-order valence-electron chi connectivity index (χ2n) is 4.03. The van der Waals surface area contributed by atoms with Gasteiger partial charge in [0.05, 0.1) is 0 Å². The van der Waals surface area contributed by atoms with Gasteiger partial charge in [0.2, 0.25) is 0 Å². The zero-order valence-corrected chi connectivity index (χ0v) is 9.10. The van der Waals surface area contributed by atoms with Crippen molar-refractivity contribution in [3.8, 4) is 0 Å². The van der Waals surface area contributed by atoms with E-state index in [1.54, 1.807) is 7.11 Å². The predicted molar refractivity (Wildman–Crippen MR) is 54.3 cm³/mol. The Morgan fingerprint density at radius 3 is 2.17 bits per heavy atom. The first-order chi connectivity index (χ1) is 5.70. The van der Waals surface area contributed by atoms with Crippen LogP contribution in [0, 0.1) is 11.8 Å². The Morgan fingerprint density at radius 2 is 1.75 bits per heavy atom. The molecule has 1 unspecified atom stereocenters. The van der Waals surface area contributed by atoms with E-state index in [9.17, 15) is 0 Å². The highest BCUT2D eigenvalue weighted by Gasteiger charge is 2.06. The lowest BCUT2D eigenvalue weighted by Gasteiger charge is -2.15. The van der Waals surface area contributed by atoms with Crippen molar-refractivity contribution in [1.29, 1.82) is 0 Å². The fourth-order valence-corrected chi connectivity index (χ4v) is 1.41. The lowest BCUT2D eigenvalue weighted by molar-refractivity contribution is 0.172. The van der Waals surface area contributed by atoms with Crippen molar-refractivity contribution in [2.45, 2.75) is 46.5 Å². The molecule has 0 saturated heterocycles. The van der Waals surface area contributed by atoms with Crippen LogP contribution >= 0.6 is 0 Å². The standard InChI is InChI=1S/C11H24O/c1-5-11(8-9-12-4)7-6-10(2)3/h10-11H,5-9H2,1-4H3. The fourth-order valence-electron chi connectivity index (χ4n) is 1.41. The molecular formula is C11H24O. The number of methoxy groups -OCH3 is 1. The summed E-state index contributed by atoms with van der Waals surface area (Å²) in [6, 6.07) is 0. The summed E-state index contributed by atoms with van der Waals surface area (Å²) in [7, 11) is 1.79. The maximum atomic E-state index is 5.08. The number of rotatable bonds is 7. The fraction of sp³-hybridized carbons (Fsp3) is 1.00. The molecule has 0 N–H and O–H groups in total. The Kier molecular flexibility index (Phi) is 7.58. The van der Waals surface area contributed by atoms with Gasteiger partial charge in [0.1, 0.15) is 0 Å². The predicted octanol–water partition coefficient (Wildman–Crippen LogP) is 3.49. The Hall–Kier alpha value is -0.0400. The molecule has 0 rings (SSSR count). The molecule has 0 fully saturated rings. The molecule has 1 heteroatoms. The van der Waals surface area contributed by atoms with Crippen LogP contribution in [0.3, 0.4) is 0 Å². The van der Waals surface area contributed by atoms with Gasteiger partial charge in [-0.25, -0.2) is 0 Å². The van der Waals surface area contributed by atoms with Crippen LogP contribution < -0.4 is 0 Å². The highest BCUT2D eigenvalue weighted by atomic mass is 16.5. The summed E-state index contributed by atoms with van der Waals surface area (Å²) in [6.07, 6.45) is 5.27. The summed E-state index contributed by atoms with van der Waals surface area (Å²) >= 11 is 0. The molecule has 12 heavy (non-hydrogen) atoms. The summed E-state index contributed by atoms with van der Waals surface area (Å²) in [4.78, 5) is 0. The molecule has 0 amide bonds. The van der Waals surface area contributed by atoms with Gasteiger partial charge < -0.3 is 4.74 Å². The van der Waals surface area contributed by atoms with E-state index in [-0.39, 0.29) is 0 Å². The van der Waals surface area contributed by atoms with Crippen molar-refractivity contribution in [2.75, 3.05) is 13.7 Å². The second-order valence-corrected chi connectivity index (χ2v) is 4.03. The molecule has 0 aliphatic carbocycles. The molecule has 0 bridgehead atoms. The molecule has 1 nitrogen and oxygen atoms in total. The van der Waals surface area contributed by atoms with Crippen molar-refractivity contribution >= 4 is 0 Å². The topological polar surface area (TPSA) is 9.23 Å². The van der Waals surface area contributed by atoms with Crippen LogP contribution in [-0.2, 0) is 4.74 Å². The summed E-state index contributed by atoms with van der Waals surface area (Å²) in [5, 5.41) is 0. The summed E-state index contributed by atoms with van der Waals surface area (Å²) < 4.78 is 5.08. The second kappa shape index (κ2) is 7.60. The number of hydrogen-bond acceptors (Lipinski definition) is 1. The maximum Gasteiger partial charge on any atom is 0.0464 e. The molecule has 0 saturated carbocycles. The summed E-state index contributed by atoms with van der Waals surface area (Å²) in [5.74, 6) is 1.73. The van der Waals surface area contributed by atoms with Gasteiger partial charge in [0, 0.05) is 13.7 Å². The summed E-state index contributed by atoms with van der Waals surface area (Å²) in [6.45, 7) is 7.79. The zero-order valence-electron chi connectivity index (χ0n) is 9.10. The lowest BCUT2D eigenvalue weighted by atomic mass is 9.93. The van der Waals surface area contributed by atoms with E-state index in [1.807, 2.05) is 0 Å². The van der Waals surface area contributed by atoms with E-state index < -0.39 is 0 Å². The Labute approximate surface area is 77.5 Å². The number of ether oxygens (including phenoxy) is 1. The Bertz CT molecular complexity index is 89.0. The molecule has 0 radical (unpaired) electrons. The molecule has 0 aliphatic rings. The molecule has 0 aliphatic heterocycles. The molecule has 1 atom stereocenters. The van der Waals surface area contributed by atoms with Gasteiger partial charge in [-0.05, 0) is 18.3 Å². The molecule has 0 aromatic carbocycles. The maximum absolute atomic E-state index is 5.08. The van der Waals surface area contributed by atoms with Crippen LogP contribution in [0.4, 0.5) is 0 Å². The van der Waals surface area contributed by atoms with E-state index in [1.165, 1.54) is 25.7 Å². The molecule has 74 valence electrons. The highest BCUT2D eigenvalue weighted by molar-refractivity contribution is 4.58. The Morgan fingerprint density at radius 1 is 1.08 bits per heavy atom. The minimum Gasteiger partial charge on any atom is -0.385 e. The smallest absolute Gasteiger partial charge is 0.0464 e. The minimum absolute atomic E-state index is 0.849. The molecule has 0 aromatic heterocycles. The van der Waals surface area contributed by atoms with Gasteiger partial charge in [-0.15, -0.1) is 0 Å². The third-order valence-corrected chi connectivity index (χ3v) is 2.46. The van der Waals surface area contributed by atoms with Gasteiger partial charge in [-0.1, -0.05) is 40.0 Å². The average molecular weight is 172 g/mol. The van der Waals surface area contributed by atoms with Gasteiger partial charge >= 0.3 is 0 Å². The van der Waals surface area contributed by atoms with Crippen molar-refractivity contribution in [3.63, 3.8) is 0 Å². The first-order valence-electron chi connectivity index (χ1n) is 5.19. The minimum atomic E-state index is 0.849. The van der Waals surface area contributed by atoms with Crippen LogP contribution in [0.15, 0.2) is 0 Å². The van der Waals surface area contributed by atoms with Gasteiger partial charge in [-0.2, -0.15) is 0 Å². The highest BCUT2D eigenvalue weighted by Crippen LogP contribution is 2.18. The van der Waals surface area contributed by atoms with Gasteiger partial charge in [-0.3, -0.25) is 0 Å². The summed E-state index contributed by atoms with van der Waals surface area (Å²) in [5.41, 5.74) is 0. The van der Waals surface area contributed by atoms with E-state index in [4.69, 9.17) is 4.74 Å². The van der Waals surface area contributed by atoms with Gasteiger partial charge in [0.15, 0.2) is 0 Å².